The molecule has 2 heterocycles. The number of carbonyl (C=O) groups is 2. The zero-order valence-electron chi connectivity index (χ0n) is 16.2. The molecule has 0 saturated heterocycles. The van der Waals surface area contributed by atoms with Gasteiger partial charge in [-0.1, -0.05) is 34.6 Å². The molecule has 6 heteroatoms. The highest BCUT2D eigenvalue weighted by molar-refractivity contribution is 6.09. The molecule has 2 amide bonds. The van der Waals surface area contributed by atoms with Gasteiger partial charge in [-0.05, 0) is 36.5 Å². The molecule has 0 radical (unpaired) electrons. The minimum Gasteiger partial charge on any atom is -0.272 e. The van der Waals surface area contributed by atoms with E-state index in [1.807, 2.05) is 40.7 Å². The Hall–Kier alpha value is -2.50. The third-order valence-electron chi connectivity index (χ3n) is 4.03. The predicted molar refractivity (Wildman–Crippen MR) is 103 cm³/mol. The largest absolute Gasteiger partial charge is 0.274 e. The third kappa shape index (κ3) is 4.18. The summed E-state index contributed by atoms with van der Waals surface area (Å²) in [5.74, 6) is -0.622. The molecule has 0 aliphatic heterocycles. The van der Waals surface area contributed by atoms with Crippen LogP contribution < -0.4 is 10.6 Å². The van der Waals surface area contributed by atoms with Crippen molar-refractivity contribution in [2.45, 2.75) is 53.9 Å². The molecule has 2 aromatic rings. The lowest BCUT2D eigenvalue weighted by Crippen LogP contribution is -2.51. The summed E-state index contributed by atoms with van der Waals surface area (Å²) in [5, 5.41) is 1.74. The number of rotatable bonds is 6. The molecule has 0 N–H and O–H groups in total. The molecule has 26 heavy (non-hydrogen) atoms. The average Bonchev–Trinajstić information content (AvgIpc) is 2.55. The number of amides is 2. The van der Waals surface area contributed by atoms with Crippen LogP contribution in [0.3, 0.4) is 0 Å². The molecular weight excluding hydrogens is 330 g/mol. The smallest absolute Gasteiger partial charge is 0.272 e. The molecular formula is C20H27N3O3. The van der Waals surface area contributed by atoms with E-state index in [0.717, 1.165) is 10.4 Å². The Bertz CT molecular complexity index is 846. The summed E-state index contributed by atoms with van der Waals surface area (Å²) in [7, 11) is 0. The number of imide groups is 1. The van der Waals surface area contributed by atoms with Gasteiger partial charge in [-0.2, -0.15) is 9.69 Å². The Labute approximate surface area is 153 Å². The van der Waals surface area contributed by atoms with Crippen LogP contribution in [0.1, 0.15) is 53.0 Å². The first-order valence-electron chi connectivity index (χ1n) is 9.11. The molecule has 0 bridgehead atoms. The Kier molecular flexibility index (Phi) is 6.29. The summed E-state index contributed by atoms with van der Waals surface area (Å²) < 4.78 is 1.17. The standard InChI is InChI=1S/C20H27N3O3/c1-6-15-12-16-8-7-9-21-19(16)23(20(15)26)22(17(24)10-13(2)3)18(25)11-14(4)5/h7-9,12-14H,6,10-11H2,1-5H3. The van der Waals surface area contributed by atoms with Gasteiger partial charge in [0.25, 0.3) is 5.56 Å². The fourth-order valence-electron chi connectivity index (χ4n) is 2.85. The van der Waals surface area contributed by atoms with Crippen molar-refractivity contribution in [3.05, 3.63) is 40.3 Å². The minimum atomic E-state index is -0.382. The highest BCUT2D eigenvalue weighted by atomic mass is 16.2. The van der Waals surface area contributed by atoms with Crippen molar-refractivity contribution in [1.29, 1.82) is 0 Å². The van der Waals surface area contributed by atoms with Crippen LogP contribution in [0.4, 0.5) is 0 Å². The maximum atomic E-state index is 13.0. The van der Waals surface area contributed by atoms with Gasteiger partial charge in [0.2, 0.25) is 11.8 Å². The summed E-state index contributed by atoms with van der Waals surface area (Å²) in [6, 6.07) is 5.38. The topological polar surface area (TPSA) is 72.3 Å². The zero-order valence-corrected chi connectivity index (χ0v) is 16.2. The van der Waals surface area contributed by atoms with Crippen molar-refractivity contribution in [3.63, 3.8) is 0 Å². The van der Waals surface area contributed by atoms with Gasteiger partial charge in [0.1, 0.15) is 0 Å². The van der Waals surface area contributed by atoms with Gasteiger partial charge < -0.3 is 0 Å². The molecule has 0 aliphatic rings. The number of carbonyl (C=O) groups excluding carboxylic acids is 2. The average molecular weight is 357 g/mol. The highest BCUT2D eigenvalue weighted by Crippen LogP contribution is 2.15. The van der Waals surface area contributed by atoms with E-state index in [4.69, 9.17) is 0 Å². The van der Waals surface area contributed by atoms with Crippen molar-refractivity contribution in [2.24, 2.45) is 11.8 Å². The van der Waals surface area contributed by atoms with Gasteiger partial charge in [0.05, 0.1) is 0 Å². The summed E-state index contributed by atoms with van der Waals surface area (Å²) >= 11 is 0. The van der Waals surface area contributed by atoms with Gasteiger partial charge in [0, 0.05) is 30.0 Å². The molecule has 0 fully saturated rings. The lowest BCUT2D eigenvalue weighted by Gasteiger charge is -2.25. The van der Waals surface area contributed by atoms with Crippen molar-refractivity contribution < 1.29 is 9.59 Å². The predicted octanol–water partition coefficient (Wildman–Crippen LogP) is 3.04. The fraction of sp³-hybridized carbons (Fsp3) is 0.500. The molecule has 0 saturated carbocycles. The van der Waals surface area contributed by atoms with Crippen LogP contribution in [-0.4, -0.2) is 21.5 Å². The molecule has 0 unspecified atom stereocenters. The molecule has 0 aromatic carbocycles. The molecule has 2 rings (SSSR count). The maximum absolute atomic E-state index is 13.0. The monoisotopic (exact) mass is 357 g/mol. The number of aryl methyl sites for hydroxylation is 1. The number of pyridine rings is 2. The number of hydrogen-bond acceptors (Lipinski definition) is 4. The third-order valence-corrected chi connectivity index (χ3v) is 4.03. The Morgan fingerprint density at radius 1 is 1.12 bits per heavy atom. The second-order valence-electron chi connectivity index (χ2n) is 7.35. The molecule has 0 atom stereocenters. The fourth-order valence-corrected chi connectivity index (χ4v) is 2.85. The van der Waals surface area contributed by atoms with Crippen LogP contribution in [0.25, 0.3) is 11.0 Å². The lowest BCUT2D eigenvalue weighted by molar-refractivity contribution is -0.129. The van der Waals surface area contributed by atoms with E-state index in [2.05, 4.69) is 4.98 Å². The summed E-state index contributed by atoms with van der Waals surface area (Å²) in [4.78, 5) is 43.1. The lowest BCUT2D eigenvalue weighted by atomic mass is 10.1. The number of aromatic nitrogens is 2. The van der Waals surface area contributed by atoms with E-state index in [9.17, 15) is 14.4 Å². The van der Waals surface area contributed by atoms with Gasteiger partial charge in [-0.25, -0.2) is 4.98 Å². The number of nitrogens with zero attached hydrogens (tertiary/aromatic N) is 3. The summed E-state index contributed by atoms with van der Waals surface area (Å²) in [6.45, 7) is 9.50. The Morgan fingerprint density at radius 2 is 1.69 bits per heavy atom. The van der Waals surface area contributed by atoms with Gasteiger partial charge in [0.15, 0.2) is 5.65 Å². The minimum absolute atomic E-state index is 0.0705. The number of fused-ring (bicyclic) bond motifs is 1. The van der Waals surface area contributed by atoms with Crippen LogP contribution in [0.15, 0.2) is 29.2 Å². The zero-order chi connectivity index (χ0) is 19.4. The van der Waals surface area contributed by atoms with Crippen LogP contribution >= 0.6 is 0 Å². The van der Waals surface area contributed by atoms with Crippen molar-refractivity contribution in [1.82, 2.24) is 9.66 Å². The van der Waals surface area contributed by atoms with E-state index >= 15 is 0 Å². The second-order valence-corrected chi connectivity index (χ2v) is 7.35. The Morgan fingerprint density at radius 3 is 2.19 bits per heavy atom. The van der Waals surface area contributed by atoms with Gasteiger partial charge >= 0.3 is 0 Å². The highest BCUT2D eigenvalue weighted by Gasteiger charge is 2.28. The first kappa shape index (κ1) is 19.8. The van der Waals surface area contributed by atoms with E-state index in [1.54, 1.807) is 18.3 Å². The van der Waals surface area contributed by atoms with E-state index in [-0.39, 0.29) is 42.1 Å². The molecule has 6 nitrogen and oxygen atoms in total. The Balaban J connectivity index is 2.74. The van der Waals surface area contributed by atoms with Crippen LogP contribution in [0.5, 0.6) is 0 Å². The van der Waals surface area contributed by atoms with Gasteiger partial charge in [-0.3, -0.25) is 14.4 Å². The molecule has 2 aromatic heterocycles. The summed E-state index contributed by atoms with van der Waals surface area (Å²) in [6.07, 6.45) is 2.43. The van der Waals surface area contributed by atoms with Crippen molar-refractivity contribution in [2.75, 3.05) is 5.01 Å². The first-order chi connectivity index (χ1) is 12.3. The van der Waals surface area contributed by atoms with Crippen molar-refractivity contribution >= 4 is 22.8 Å². The van der Waals surface area contributed by atoms with Crippen LogP contribution in [0.2, 0.25) is 0 Å². The van der Waals surface area contributed by atoms with E-state index < -0.39 is 0 Å². The van der Waals surface area contributed by atoms with E-state index in [0.29, 0.717) is 17.6 Å². The molecule has 0 aliphatic carbocycles. The molecule has 140 valence electrons. The first-order valence-corrected chi connectivity index (χ1v) is 9.11. The number of hydrogen-bond donors (Lipinski definition) is 0. The molecule has 0 spiro atoms. The van der Waals surface area contributed by atoms with Crippen LogP contribution in [0, 0.1) is 11.8 Å². The van der Waals surface area contributed by atoms with Crippen molar-refractivity contribution in [3.8, 4) is 0 Å². The van der Waals surface area contributed by atoms with Crippen LogP contribution in [-0.2, 0) is 16.0 Å². The quantitative estimate of drug-likeness (QED) is 0.796. The normalized spacial score (nSPS) is 11.3. The SMILES string of the molecule is CCc1cc2cccnc2n(N(C(=O)CC(C)C)C(=O)CC(C)C)c1=O. The maximum Gasteiger partial charge on any atom is 0.274 e. The van der Waals surface area contributed by atoms with E-state index in [1.165, 1.54) is 4.68 Å². The van der Waals surface area contributed by atoms with Gasteiger partial charge in [-0.15, -0.1) is 0 Å². The second kappa shape index (κ2) is 8.25. The summed E-state index contributed by atoms with van der Waals surface area (Å²) in [5.41, 5.74) is 0.502.